The zero-order chi connectivity index (χ0) is 15.1. The van der Waals surface area contributed by atoms with Gasteiger partial charge in [-0.1, -0.05) is 30.3 Å². The Morgan fingerprint density at radius 3 is 2.82 bits per heavy atom. The van der Waals surface area contributed by atoms with Crippen molar-refractivity contribution in [2.24, 2.45) is 4.99 Å². The summed E-state index contributed by atoms with van der Waals surface area (Å²) in [7, 11) is 0. The van der Waals surface area contributed by atoms with Gasteiger partial charge in [-0.15, -0.1) is 0 Å². The smallest absolute Gasteiger partial charge is 0.246 e. The van der Waals surface area contributed by atoms with Crippen LogP contribution < -0.4 is 5.32 Å². The van der Waals surface area contributed by atoms with Gasteiger partial charge in [-0.3, -0.25) is 9.79 Å². The molecule has 2 aromatic carbocycles. The fourth-order valence-electron chi connectivity index (χ4n) is 2.73. The number of nitrogens with zero attached hydrogens (tertiary/aromatic N) is 1. The lowest BCUT2D eigenvalue weighted by Gasteiger charge is -2.06. The number of carbonyl (C=O) groups excluding carboxylic acids is 1. The molecule has 3 aromatic rings. The second kappa shape index (κ2) is 5.24. The molecular weight excluding hydrogens is 389 g/mol. The number of anilines is 1. The van der Waals surface area contributed by atoms with Crippen molar-refractivity contribution in [3.63, 3.8) is 0 Å². The lowest BCUT2D eigenvalue weighted by atomic mass is 10.1. The largest absolute Gasteiger partial charge is 0.351 e. The fourth-order valence-corrected chi connectivity index (χ4v) is 3.27. The topological polar surface area (TPSA) is 57.2 Å². The molecule has 0 aliphatic carbocycles. The third-order valence-corrected chi connectivity index (χ3v) is 4.36. The summed E-state index contributed by atoms with van der Waals surface area (Å²) in [6.45, 7) is 0.137. The van der Waals surface area contributed by atoms with E-state index in [1.165, 1.54) is 0 Å². The number of aromatic amines is 1. The van der Waals surface area contributed by atoms with Crippen molar-refractivity contribution in [1.82, 2.24) is 4.98 Å². The van der Waals surface area contributed by atoms with Crippen LogP contribution in [0.15, 0.2) is 53.5 Å². The van der Waals surface area contributed by atoms with Gasteiger partial charge in [-0.25, -0.2) is 0 Å². The highest BCUT2D eigenvalue weighted by Gasteiger charge is 2.22. The predicted octanol–water partition coefficient (Wildman–Crippen LogP) is 3.56. The van der Waals surface area contributed by atoms with Crippen molar-refractivity contribution in [2.75, 3.05) is 11.9 Å². The number of benzene rings is 2. The van der Waals surface area contributed by atoms with E-state index in [4.69, 9.17) is 0 Å². The molecule has 0 saturated heterocycles. The van der Waals surface area contributed by atoms with Gasteiger partial charge in [0.15, 0.2) is 0 Å². The van der Waals surface area contributed by atoms with Crippen LogP contribution in [0.3, 0.4) is 0 Å². The van der Waals surface area contributed by atoms with Gasteiger partial charge in [-0.2, -0.15) is 0 Å². The van der Waals surface area contributed by atoms with Crippen LogP contribution in [0.5, 0.6) is 0 Å². The van der Waals surface area contributed by atoms with E-state index in [1.807, 2.05) is 42.5 Å². The Morgan fingerprint density at radius 2 is 1.95 bits per heavy atom. The molecule has 4 nitrogen and oxygen atoms in total. The molecule has 1 aromatic heterocycles. The molecule has 2 N–H and O–H groups in total. The third kappa shape index (κ3) is 2.21. The Hall–Kier alpha value is -2.15. The maximum atomic E-state index is 12.0. The lowest BCUT2D eigenvalue weighted by molar-refractivity contribution is -0.114. The predicted molar refractivity (Wildman–Crippen MR) is 96.6 cm³/mol. The van der Waals surface area contributed by atoms with Gasteiger partial charge >= 0.3 is 0 Å². The van der Waals surface area contributed by atoms with E-state index in [0.29, 0.717) is 0 Å². The van der Waals surface area contributed by atoms with Crippen molar-refractivity contribution in [2.45, 2.75) is 0 Å². The number of para-hydroxylation sites is 1. The van der Waals surface area contributed by atoms with Crippen LogP contribution in [0, 0.1) is 3.57 Å². The molecule has 5 heteroatoms. The summed E-state index contributed by atoms with van der Waals surface area (Å²) in [5.41, 5.74) is 4.51. The van der Waals surface area contributed by atoms with Crippen molar-refractivity contribution in [3.05, 3.63) is 63.4 Å². The molecule has 1 amide bonds. The highest BCUT2D eigenvalue weighted by molar-refractivity contribution is 14.1. The highest BCUT2D eigenvalue weighted by Crippen LogP contribution is 2.31. The second-order valence-corrected chi connectivity index (χ2v) is 6.39. The molecule has 22 heavy (non-hydrogen) atoms. The average molecular weight is 401 g/mol. The molecule has 0 unspecified atom stereocenters. The second-order valence-electron chi connectivity index (χ2n) is 5.14. The van der Waals surface area contributed by atoms with Gasteiger partial charge in [0.1, 0.15) is 6.54 Å². The number of aliphatic imine (C=N–C) groups is 1. The number of fused-ring (bicyclic) bond motifs is 3. The quantitative estimate of drug-likeness (QED) is 0.602. The summed E-state index contributed by atoms with van der Waals surface area (Å²) in [5.74, 6) is -0.0911. The molecule has 0 atom stereocenters. The van der Waals surface area contributed by atoms with E-state index in [0.717, 1.165) is 37.1 Å². The number of halogens is 1. The first kappa shape index (κ1) is 13.5. The Kier molecular flexibility index (Phi) is 3.22. The summed E-state index contributed by atoms with van der Waals surface area (Å²) in [6, 6.07) is 16.1. The monoisotopic (exact) mass is 401 g/mol. The van der Waals surface area contributed by atoms with Gasteiger partial charge in [0.2, 0.25) is 5.91 Å². The Balaban J connectivity index is 1.99. The molecule has 4 rings (SSSR count). The van der Waals surface area contributed by atoms with Gasteiger partial charge < -0.3 is 10.3 Å². The Morgan fingerprint density at radius 1 is 1.09 bits per heavy atom. The van der Waals surface area contributed by atoms with Gasteiger partial charge in [0, 0.05) is 20.0 Å². The van der Waals surface area contributed by atoms with E-state index in [-0.39, 0.29) is 12.5 Å². The highest BCUT2D eigenvalue weighted by atomic mass is 127. The van der Waals surface area contributed by atoms with Crippen LogP contribution in [-0.2, 0) is 4.79 Å². The zero-order valence-corrected chi connectivity index (χ0v) is 13.7. The molecule has 0 spiro atoms. The minimum atomic E-state index is -0.0911. The minimum Gasteiger partial charge on any atom is -0.351 e. The number of hydrogen-bond donors (Lipinski definition) is 2. The number of hydrogen-bond acceptors (Lipinski definition) is 2. The van der Waals surface area contributed by atoms with Gasteiger partial charge in [-0.05, 0) is 40.8 Å². The number of nitrogens with one attached hydrogen (secondary N) is 2. The zero-order valence-electron chi connectivity index (χ0n) is 11.6. The summed E-state index contributed by atoms with van der Waals surface area (Å²) in [4.78, 5) is 19.9. The molecule has 0 fully saturated rings. The first-order chi connectivity index (χ1) is 10.7. The Bertz CT molecular complexity index is 927. The van der Waals surface area contributed by atoms with Crippen LogP contribution in [0.2, 0.25) is 0 Å². The summed E-state index contributed by atoms with van der Waals surface area (Å²) >= 11 is 2.28. The molecule has 0 bridgehead atoms. The van der Waals surface area contributed by atoms with E-state index in [2.05, 4.69) is 44.0 Å². The summed E-state index contributed by atoms with van der Waals surface area (Å²) in [6.07, 6.45) is 0. The molecule has 0 saturated carbocycles. The molecule has 1 aliphatic rings. The molecule has 1 aliphatic heterocycles. The van der Waals surface area contributed by atoms with Crippen LogP contribution in [0.25, 0.3) is 10.9 Å². The molecule has 2 heterocycles. The van der Waals surface area contributed by atoms with Crippen LogP contribution in [0.4, 0.5) is 5.69 Å². The maximum Gasteiger partial charge on any atom is 0.246 e. The third-order valence-electron chi connectivity index (χ3n) is 3.69. The van der Waals surface area contributed by atoms with Crippen molar-refractivity contribution >= 4 is 50.8 Å². The number of amides is 1. The maximum absolute atomic E-state index is 12.0. The van der Waals surface area contributed by atoms with E-state index in [9.17, 15) is 4.79 Å². The normalized spacial score (nSPS) is 14.2. The van der Waals surface area contributed by atoms with Crippen LogP contribution >= 0.6 is 22.6 Å². The summed E-state index contributed by atoms with van der Waals surface area (Å²) < 4.78 is 1.14. The van der Waals surface area contributed by atoms with E-state index >= 15 is 0 Å². The standard InChI is InChI=1S/C17H12IN3O/c18-11-5-3-4-10(8-11)15-17-16(21-14(22)9-19-15)12-6-1-2-7-13(12)20-17/h1-8,20H,9H2,(H,21,22). The molecular formula is C17H12IN3O. The Labute approximate surface area is 140 Å². The molecule has 0 radical (unpaired) electrons. The first-order valence-corrected chi connectivity index (χ1v) is 8.01. The van der Waals surface area contributed by atoms with Crippen molar-refractivity contribution in [1.29, 1.82) is 0 Å². The fraction of sp³-hybridized carbons (Fsp3) is 0.0588. The number of aromatic nitrogens is 1. The van der Waals surface area contributed by atoms with Crippen molar-refractivity contribution < 1.29 is 4.79 Å². The number of carbonyl (C=O) groups is 1. The van der Waals surface area contributed by atoms with Crippen LogP contribution in [0.1, 0.15) is 11.3 Å². The SMILES string of the molecule is O=C1CN=C(c2cccc(I)c2)c2[nH]c3ccccc3c2N1. The number of rotatable bonds is 1. The minimum absolute atomic E-state index is 0.0911. The first-order valence-electron chi connectivity index (χ1n) is 6.94. The average Bonchev–Trinajstić information content (AvgIpc) is 2.78. The van der Waals surface area contributed by atoms with Gasteiger partial charge in [0.05, 0.1) is 17.1 Å². The number of H-pyrrole nitrogens is 1. The van der Waals surface area contributed by atoms with E-state index < -0.39 is 0 Å². The van der Waals surface area contributed by atoms with E-state index in [1.54, 1.807) is 0 Å². The van der Waals surface area contributed by atoms with Crippen LogP contribution in [-0.4, -0.2) is 23.1 Å². The summed E-state index contributed by atoms with van der Waals surface area (Å²) in [5, 5.41) is 3.98. The van der Waals surface area contributed by atoms with Crippen molar-refractivity contribution in [3.8, 4) is 0 Å². The van der Waals surface area contributed by atoms with Gasteiger partial charge in [0.25, 0.3) is 0 Å². The molecule has 108 valence electrons. The lowest BCUT2D eigenvalue weighted by Crippen LogP contribution is -2.13.